The molecular formula is C19H23NO. The third-order valence-electron chi connectivity index (χ3n) is 4.45. The van der Waals surface area contributed by atoms with E-state index in [1.165, 1.54) is 40.7 Å². The molecule has 2 aromatic rings. The van der Waals surface area contributed by atoms with Crippen molar-refractivity contribution in [2.24, 2.45) is 0 Å². The molecule has 3 rings (SSSR count). The minimum absolute atomic E-state index is 0.533. The van der Waals surface area contributed by atoms with Crippen LogP contribution in [0.15, 0.2) is 42.5 Å². The van der Waals surface area contributed by atoms with Gasteiger partial charge in [0.2, 0.25) is 0 Å². The molecule has 0 radical (unpaired) electrons. The van der Waals surface area contributed by atoms with E-state index in [4.69, 9.17) is 4.74 Å². The minimum Gasteiger partial charge on any atom is -0.384 e. The van der Waals surface area contributed by atoms with Crippen LogP contribution in [0.1, 0.15) is 29.2 Å². The van der Waals surface area contributed by atoms with E-state index < -0.39 is 0 Å². The van der Waals surface area contributed by atoms with Gasteiger partial charge in [0.1, 0.15) is 0 Å². The van der Waals surface area contributed by atoms with Crippen molar-refractivity contribution in [3.63, 3.8) is 0 Å². The Bertz CT molecular complexity index is 603. The Balaban J connectivity index is 1.81. The van der Waals surface area contributed by atoms with Crippen molar-refractivity contribution in [1.29, 1.82) is 0 Å². The zero-order valence-corrected chi connectivity index (χ0v) is 12.9. The summed E-state index contributed by atoms with van der Waals surface area (Å²) in [5, 5.41) is 3.39. The molecule has 1 aliphatic carbocycles. The van der Waals surface area contributed by atoms with Crippen LogP contribution in [0.4, 0.5) is 0 Å². The van der Waals surface area contributed by atoms with Crippen LogP contribution in [-0.2, 0) is 17.6 Å². The summed E-state index contributed by atoms with van der Waals surface area (Å²) in [4.78, 5) is 0. The fourth-order valence-corrected chi connectivity index (χ4v) is 3.18. The molecule has 0 aromatic heterocycles. The molecule has 0 saturated carbocycles. The lowest BCUT2D eigenvalue weighted by Gasteiger charge is -2.11. The molecule has 0 spiro atoms. The summed E-state index contributed by atoms with van der Waals surface area (Å²) in [6.45, 7) is 0.781. The molecule has 1 N–H and O–H groups in total. The molecule has 110 valence electrons. The van der Waals surface area contributed by atoms with Crippen LogP contribution in [0.3, 0.4) is 0 Å². The predicted molar refractivity (Wildman–Crippen MR) is 87.6 cm³/mol. The average molecular weight is 281 g/mol. The molecule has 2 nitrogen and oxygen atoms in total. The predicted octanol–water partition coefficient (Wildman–Crippen LogP) is 3.75. The lowest BCUT2D eigenvalue weighted by Crippen LogP contribution is -2.12. The van der Waals surface area contributed by atoms with E-state index in [1.54, 1.807) is 7.11 Å². The van der Waals surface area contributed by atoms with Gasteiger partial charge in [0.15, 0.2) is 0 Å². The Hall–Kier alpha value is -1.64. The first-order valence-corrected chi connectivity index (χ1v) is 7.70. The lowest BCUT2D eigenvalue weighted by molar-refractivity contribution is 0.202. The number of rotatable bonds is 5. The summed E-state index contributed by atoms with van der Waals surface area (Å²) in [6, 6.07) is 16.3. The van der Waals surface area contributed by atoms with Gasteiger partial charge in [-0.05, 0) is 54.1 Å². The molecule has 2 aromatic carbocycles. The zero-order chi connectivity index (χ0) is 14.7. The molecule has 2 heteroatoms. The summed E-state index contributed by atoms with van der Waals surface area (Å²) in [5.41, 5.74) is 6.92. The second-order valence-corrected chi connectivity index (χ2v) is 5.73. The summed E-state index contributed by atoms with van der Waals surface area (Å²) >= 11 is 0. The van der Waals surface area contributed by atoms with Gasteiger partial charge in [0, 0.05) is 13.2 Å². The maximum absolute atomic E-state index is 5.13. The van der Waals surface area contributed by atoms with Crippen LogP contribution in [0, 0.1) is 0 Å². The van der Waals surface area contributed by atoms with E-state index >= 15 is 0 Å². The molecule has 0 amide bonds. The molecular weight excluding hydrogens is 258 g/mol. The van der Waals surface area contributed by atoms with Crippen molar-refractivity contribution in [2.45, 2.75) is 25.3 Å². The standard InChI is InChI=1S/C19H23NO/c1-20-19-10-8-17-13-16(7-9-18(17)19)15-5-3-14(4-6-15)11-12-21-2/h3-7,9,13,19-20H,8,10-12H2,1-2H3. The Labute approximate surface area is 127 Å². The number of ether oxygens (including phenoxy) is 1. The first kappa shape index (κ1) is 14.3. The van der Waals surface area contributed by atoms with Crippen molar-refractivity contribution in [3.8, 4) is 11.1 Å². The number of nitrogens with one attached hydrogen (secondary N) is 1. The van der Waals surface area contributed by atoms with Gasteiger partial charge in [-0.1, -0.05) is 42.5 Å². The highest BCUT2D eigenvalue weighted by Crippen LogP contribution is 2.33. The van der Waals surface area contributed by atoms with Crippen LogP contribution in [0.5, 0.6) is 0 Å². The van der Waals surface area contributed by atoms with Gasteiger partial charge in [-0.15, -0.1) is 0 Å². The van der Waals surface area contributed by atoms with Crippen LogP contribution in [-0.4, -0.2) is 20.8 Å². The van der Waals surface area contributed by atoms with Crippen molar-refractivity contribution >= 4 is 0 Å². The Morgan fingerprint density at radius 2 is 1.86 bits per heavy atom. The average Bonchev–Trinajstić information content (AvgIpc) is 2.95. The SMILES string of the molecule is CNC1CCc2cc(-c3ccc(CCOC)cc3)ccc21. The van der Waals surface area contributed by atoms with Crippen molar-refractivity contribution in [2.75, 3.05) is 20.8 Å². The van der Waals surface area contributed by atoms with Gasteiger partial charge in [-0.3, -0.25) is 0 Å². The Morgan fingerprint density at radius 3 is 2.57 bits per heavy atom. The number of benzene rings is 2. The third-order valence-corrected chi connectivity index (χ3v) is 4.45. The summed E-state index contributed by atoms with van der Waals surface area (Å²) < 4.78 is 5.13. The second-order valence-electron chi connectivity index (χ2n) is 5.73. The molecule has 0 saturated heterocycles. The van der Waals surface area contributed by atoms with Gasteiger partial charge >= 0.3 is 0 Å². The van der Waals surface area contributed by atoms with E-state index in [9.17, 15) is 0 Å². The van der Waals surface area contributed by atoms with Crippen molar-refractivity contribution < 1.29 is 4.74 Å². The number of fused-ring (bicyclic) bond motifs is 1. The molecule has 1 aliphatic rings. The van der Waals surface area contributed by atoms with Crippen LogP contribution >= 0.6 is 0 Å². The maximum Gasteiger partial charge on any atom is 0.0502 e. The lowest BCUT2D eigenvalue weighted by atomic mass is 9.98. The highest BCUT2D eigenvalue weighted by Gasteiger charge is 2.20. The normalized spacial score (nSPS) is 17.0. The summed E-state index contributed by atoms with van der Waals surface area (Å²) in [6.07, 6.45) is 3.37. The summed E-state index contributed by atoms with van der Waals surface area (Å²) in [5.74, 6) is 0. The number of hydrogen-bond donors (Lipinski definition) is 1. The molecule has 0 fully saturated rings. The Morgan fingerprint density at radius 1 is 1.10 bits per heavy atom. The monoisotopic (exact) mass is 281 g/mol. The van der Waals surface area contributed by atoms with Gasteiger partial charge in [0.25, 0.3) is 0 Å². The van der Waals surface area contributed by atoms with E-state index in [0.717, 1.165) is 13.0 Å². The fraction of sp³-hybridized carbons (Fsp3) is 0.368. The highest BCUT2D eigenvalue weighted by molar-refractivity contribution is 5.65. The molecule has 21 heavy (non-hydrogen) atoms. The van der Waals surface area contributed by atoms with Crippen LogP contribution < -0.4 is 5.32 Å². The quantitative estimate of drug-likeness (QED) is 0.901. The topological polar surface area (TPSA) is 21.3 Å². The van der Waals surface area contributed by atoms with E-state index in [-0.39, 0.29) is 0 Å². The Kier molecular flexibility index (Phi) is 4.37. The van der Waals surface area contributed by atoms with Gasteiger partial charge in [-0.2, -0.15) is 0 Å². The van der Waals surface area contributed by atoms with Crippen molar-refractivity contribution in [3.05, 3.63) is 59.2 Å². The van der Waals surface area contributed by atoms with Gasteiger partial charge in [0.05, 0.1) is 6.61 Å². The molecule has 0 bridgehead atoms. The van der Waals surface area contributed by atoms with E-state index in [2.05, 4.69) is 47.8 Å². The first-order chi connectivity index (χ1) is 10.3. The first-order valence-electron chi connectivity index (χ1n) is 7.70. The van der Waals surface area contributed by atoms with Crippen LogP contribution in [0.25, 0.3) is 11.1 Å². The van der Waals surface area contributed by atoms with Gasteiger partial charge < -0.3 is 10.1 Å². The number of methoxy groups -OCH3 is 1. The maximum atomic E-state index is 5.13. The largest absolute Gasteiger partial charge is 0.384 e. The third kappa shape index (κ3) is 3.02. The molecule has 0 heterocycles. The summed E-state index contributed by atoms with van der Waals surface area (Å²) in [7, 11) is 3.80. The highest BCUT2D eigenvalue weighted by atomic mass is 16.5. The number of hydrogen-bond acceptors (Lipinski definition) is 2. The van der Waals surface area contributed by atoms with E-state index in [1.807, 2.05) is 7.05 Å². The van der Waals surface area contributed by atoms with Crippen LogP contribution in [0.2, 0.25) is 0 Å². The van der Waals surface area contributed by atoms with Crippen molar-refractivity contribution in [1.82, 2.24) is 5.32 Å². The smallest absolute Gasteiger partial charge is 0.0502 e. The fourth-order valence-electron chi connectivity index (χ4n) is 3.18. The second kappa shape index (κ2) is 6.42. The molecule has 1 unspecified atom stereocenters. The minimum atomic E-state index is 0.533. The van der Waals surface area contributed by atoms with Gasteiger partial charge in [-0.25, -0.2) is 0 Å². The molecule has 1 atom stereocenters. The zero-order valence-electron chi connectivity index (χ0n) is 12.9. The number of aryl methyl sites for hydroxylation is 1. The molecule has 0 aliphatic heterocycles. The van der Waals surface area contributed by atoms with E-state index in [0.29, 0.717) is 6.04 Å².